The van der Waals surface area contributed by atoms with E-state index in [2.05, 4.69) is 81.4 Å². The van der Waals surface area contributed by atoms with Crippen LogP contribution in [0.1, 0.15) is 0 Å². The van der Waals surface area contributed by atoms with Crippen molar-refractivity contribution in [2.75, 3.05) is 0 Å². The molecular formula is C34H14F2N2S6. The summed E-state index contributed by atoms with van der Waals surface area (Å²) in [5, 5.41) is 14.3. The van der Waals surface area contributed by atoms with Crippen LogP contribution in [0.5, 0.6) is 0 Å². The van der Waals surface area contributed by atoms with Crippen molar-refractivity contribution in [2.45, 2.75) is 0 Å². The second-order valence-corrected chi connectivity index (χ2v) is 16.7. The molecule has 2 nitrogen and oxygen atoms in total. The fourth-order valence-electron chi connectivity index (χ4n) is 5.81. The van der Waals surface area contributed by atoms with Crippen LogP contribution in [-0.4, -0.2) is 9.97 Å². The van der Waals surface area contributed by atoms with E-state index in [1.807, 2.05) is 12.1 Å². The first-order valence-electron chi connectivity index (χ1n) is 13.6. The van der Waals surface area contributed by atoms with E-state index in [0.717, 1.165) is 29.9 Å². The number of fused-ring (bicyclic) bond motifs is 6. The number of rotatable bonds is 3. The highest BCUT2D eigenvalue weighted by Gasteiger charge is 2.22. The summed E-state index contributed by atoms with van der Waals surface area (Å²) in [7, 11) is 0. The van der Waals surface area contributed by atoms with Crippen LogP contribution in [0.25, 0.3) is 91.4 Å². The molecule has 0 spiro atoms. The molecule has 0 saturated heterocycles. The van der Waals surface area contributed by atoms with Gasteiger partial charge >= 0.3 is 0 Å². The highest BCUT2D eigenvalue weighted by molar-refractivity contribution is 7.30. The zero-order chi connectivity index (χ0) is 29.1. The number of hydrogen-bond acceptors (Lipinski definition) is 8. The van der Waals surface area contributed by atoms with Crippen LogP contribution in [0.3, 0.4) is 0 Å². The molecule has 6 heterocycles. The average Bonchev–Trinajstić information content (AvgIpc) is 3.84. The Morgan fingerprint density at radius 1 is 0.409 bits per heavy atom. The van der Waals surface area contributed by atoms with Gasteiger partial charge in [-0.3, -0.25) is 0 Å². The quantitative estimate of drug-likeness (QED) is 0.186. The zero-order valence-corrected chi connectivity index (χ0v) is 27.1. The third-order valence-corrected chi connectivity index (χ3v) is 14.4. The van der Waals surface area contributed by atoms with E-state index in [4.69, 9.17) is 0 Å². The van der Waals surface area contributed by atoms with Gasteiger partial charge in [-0.25, -0.2) is 9.97 Å². The van der Waals surface area contributed by atoms with Crippen LogP contribution in [0.15, 0.2) is 83.6 Å². The zero-order valence-electron chi connectivity index (χ0n) is 22.2. The molecule has 44 heavy (non-hydrogen) atoms. The molecular weight excluding hydrogens is 667 g/mol. The van der Waals surface area contributed by atoms with Crippen LogP contribution >= 0.6 is 68.0 Å². The summed E-state index contributed by atoms with van der Waals surface area (Å²) >= 11 is 9.01. The van der Waals surface area contributed by atoms with Gasteiger partial charge in [-0.05, 0) is 127 Å². The molecule has 10 aromatic rings. The molecule has 0 bridgehead atoms. The molecule has 0 amide bonds. The van der Waals surface area contributed by atoms with E-state index in [-0.39, 0.29) is 0 Å². The molecule has 0 aliphatic rings. The number of thiophene rings is 4. The smallest absolute Gasteiger partial charge is 0.205 e. The third-order valence-electron chi connectivity index (χ3n) is 7.90. The summed E-state index contributed by atoms with van der Waals surface area (Å²) in [6, 6.07) is 25.9. The summed E-state index contributed by atoms with van der Waals surface area (Å²) in [6.07, 6.45) is 0. The first-order chi connectivity index (χ1) is 21.5. The molecule has 10 heteroatoms. The lowest BCUT2D eigenvalue weighted by molar-refractivity contribution is 0.592. The van der Waals surface area contributed by atoms with Crippen molar-refractivity contribution in [3.8, 4) is 29.5 Å². The summed E-state index contributed by atoms with van der Waals surface area (Å²) in [5.41, 5.74) is 0. The van der Waals surface area contributed by atoms with Gasteiger partial charge < -0.3 is 0 Å². The van der Waals surface area contributed by atoms with E-state index in [1.54, 1.807) is 45.3 Å². The van der Waals surface area contributed by atoms with Crippen LogP contribution in [0.4, 0.5) is 8.78 Å². The number of hydrogen-bond donors (Lipinski definition) is 0. The van der Waals surface area contributed by atoms with E-state index >= 15 is 8.78 Å². The molecule has 0 unspecified atom stereocenters. The monoisotopic (exact) mass is 680 g/mol. The number of halogens is 2. The minimum atomic E-state index is -0.549. The van der Waals surface area contributed by atoms with Crippen molar-refractivity contribution in [2.24, 2.45) is 0 Å². The molecule has 0 N–H and O–H groups in total. The molecule has 4 aromatic carbocycles. The molecule has 6 aromatic heterocycles. The Bertz CT molecular complexity index is 2450. The number of aromatic nitrogens is 2. The van der Waals surface area contributed by atoms with Crippen molar-refractivity contribution in [3.63, 3.8) is 0 Å². The molecule has 0 fully saturated rings. The van der Waals surface area contributed by atoms with Gasteiger partial charge in [-0.1, -0.05) is 0 Å². The third kappa shape index (κ3) is 3.95. The van der Waals surface area contributed by atoms with E-state index in [9.17, 15) is 0 Å². The van der Waals surface area contributed by atoms with Gasteiger partial charge in [0.1, 0.15) is 9.75 Å². The van der Waals surface area contributed by atoms with Crippen LogP contribution in [0, 0.1) is 11.9 Å². The number of nitrogens with zero attached hydrogens (tertiary/aromatic N) is 2. The van der Waals surface area contributed by atoms with Crippen molar-refractivity contribution >= 4 is 130 Å². The first kappa shape index (κ1) is 25.7. The summed E-state index contributed by atoms with van der Waals surface area (Å²) in [6.45, 7) is 0. The highest BCUT2D eigenvalue weighted by Crippen LogP contribution is 2.46. The van der Waals surface area contributed by atoms with E-state index in [1.165, 1.54) is 64.4 Å². The van der Waals surface area contributed by atoms with Crippen molar-refractivity contribution in [1.29, 1.82) is 0 Å². The van der Waals surface area contributed by atoms with Gasteiger partial charge in [0.05, 0.1) is 9.75 Å². The second-order valence-electron chi connectivity index (χ2n) is 10.6. The number of benzene rings is 4. The first-order valence-corrected chi connectivity index (χ1v) is 18.6. The number of thiazole rings is 2. The molecule has 0 radical (unpaired) electrons. The Morgan fingerprint density at radius 2 is 0.818 bits per heavy atom. The Hall–Kier alpha value is -3.64. The summed E-state index contributed by atoms with van der Waals surface area (Å²) in [4.78, 5) is 11.0. The minimum absolute atomic E-state index is 0.391. The normalized spacial score (nSPS) is 12.3. The van der Waals surface area contributed by atoms with Gasteiger partial charge in [0.2, 0.25) is 11.9 Å². The fourth-order valence-corrected chi connectivity index (χ4v) is 11.7. The van der Waals surface area contributed by atoms with E-state index < -0.39 is 11.9 Å². The molecule has 210 valence electrons. The van der Waals surface area contributed by atoms with Gasteiger partial charge in [-0.2, -0.15) is 8.78 Å². The lowest BCUT2D eigenvalue weighted by Gasteiger charge is -1.99. The Morgan fingerprint density at radius 3 is 1.27 bits per heavy atom. The highest BCUT2D eigenvalue weighted by atomic mass is 32.1. The maximum absolute atomic E-state index is 15.3. The second kappa shape index (κ2) is 9.43. The van der Waals surface area contributed by atoms with Crippen molar-refractivity contribution in [1.82, 2.24) is 9.97 Å². The standard InChI is InChI=1S/C34H14F2N2S6/c35-31-29(27-13-21-7-19-9-23-15(1-3-39-23)5-17(19)11-25(21)41-27)43-33(37-31)34-38-32(36)30(44-34)28-14-22-8-20-10-24-16(2-4-40-24)6-18(20)12-26(22)42-28/h1-14H. The molecule has 0 aliphatic carbocycles. The molecule has 0 aliphatic heterocycles. The fraction of sp³-hybridized carbons (Fsp3) is 0. The van der Waals surface area contributed by atoms with Crippen LogP contribution in [0.2, 0.25) is 0 Å². The molecule has 0 saturated carbocycles. The molecule has 10 rings (SSSR count). The minimum Gasteiger partial charge on any atom is -0.205 e. The van der Waals surface area contributed by atoms with Crippen LogP contribution in [-0.2, 0) is 0 Å². The predicted molar refractivity (Wildman–Crippen MR) is 191 cm³/mol. The lowest BCUT2D eigenvalue weighted by Crippen LogP contribution is -1.78. The Balaban J connectivity index is 1.02. The maximum Gasteiger partial charge on any atom is 0.233 e. The SMILES string of the molecule is Fc1nc(-c2nc(F)c(-c3cc4cc5cc6sccc6cc5cc4s3)s2)sc1-c1cc2cc3cc4sccc4cc3cc2s1. The predicted octanol–water partition coefficient (Wildman–Crippen LogP) is 13.0. The van der Waals surface area contributed by atoms with Gasteiger partial charge in [0.25, 0.3) is 0 Å². The van der Waals surface area contributed by atoms with Gasteiger partial charge in [0, 0.05) is 18.8 Å². The largest absolute Gasteiger partial charge is 0.233 e. The lowest BCUT2D eigenvalue weighted by atomic mass is 10.1. The van der Waals surface area contributed by atoms with Crippen LogP contribution < -0.4 is 0 Å². The van der Waals surface area contributed by atoms with Crippen molar-refractivity contribution < 1.29 is 8.78 Å². The van der Waals surface area contributed by atoms with E-state index in [0.29, 0.717) is 19.8 Å². The van der Waals surface area contributed by atoms with Crippen molar-refractivity contribution in [3.05, 3.63) is 95.5 Å². The maximum atomic E-state index is 15.3. The topological polar surface area (TPSA) is 25.8 Å². The Labute approximate surface area is 271 Å². The van der Waals surface area contributed by atoms with Gasteiger partial charge in [-0.15, -0.1) is 68.0 Å². The summed E-state index contributed by atoms with van der Waals surface area (Å²) in [5.74, 6) is -1.10. The van der Waals surface area contributed by atoms with Gasteiger partial charge in [0.15, 0.2) is 10.0 Å². The summed E-state index contributed by atoms with van der Waals surface area (Å²) < 4.78 is 35.3. The Kier molecular flexibility index (Phi) is 5.50. The molecule has 0 atom stereocenters. The average molecular weight is 681 g/mol.